The van der Waals surface area contributed by atoms with Crippen molar-refractivity contribution in [2.75, 3.05) is 18.5 Å². The lowest BCUT2D eigenvalue weighted by atomic mass is 10.1. The zero-order chi connectivity index (χ0) is 11.3. The molecule has 0 spiro atoms. The maximum Gasteiger partial charge on any atom is 0.0363 e. The number of anilines is 1. The number of hydrogen-bond acceptors (Lipinski definition) is 2. The van der Waals surface area contributed by atoms with Crippen LogP contribution in [0.2, 0.25) is 0 Å². The van der Waals surface area contributed by atoms with E-state index in [2.05, 4.69) is 43.1 Å². The van der Waals surface area contributed by atoms with Gasteiger partial charge >= 0.3 is 0 Å². The molecule has 0 aliphatic rings. The summed E-state index contributed by atoms with van der Waals surface area (Å²) in [5.74, 6) is 0. The van der Waals surface area contributed by atoms with Gasteiger partial charge in [-0.3, -0.25) is 0 Å². The molecule has 84 valence electrons. The summed E-state index contributed by atoms with van der Waals surface area (Å²) in [6, 6.07) is 8.65. The Bertz CT molecular complexity index is 277. The van der Waals surface area contributed by atoms with Crippen molar-refractivity contribution in [2.24, 2.45) is 5.73 Å². The molecule has 0 unspecified atom stereocenters. The molecular weight excluding hydrogens is 184 g/mol. The SMILES string of the molecule is CCCCN(C)c1ccc([C@@H](C)N)cc1. The van der Waals surface area contributed by atoms with E-state index < -0.39 is 0 Å². The Labute approximate surface area is 93.1 Å². The second-order valence-corrected chi connectivity index (χ2v) is 4.16. The van der Waals surface area contributed by atoms with Crippen molar-refractivity contribution in [1.29, 1.82) is 0 Å². The van der Waals surface area contributed by atoms with Crippen LogP contribution in [0.5, 0.6) is 0 Å². The molecule has 2 heteroatoms. The molecule has 1 aromatic carbocycles. The second kappa shape index (κ2) is 5.76. The maximum absolute atomic E-state index is 5.81. The minimum Gasteiger partial charge on any atom is -0.375 e. The van der Waals surface area contributed by atoms with E-state index in [1.807, 2.05) is 6.92 Å². The van der Waals surface area contributed by atoms with Crippen molar-refractivity contribution in [3.8, 4) is 0 Å². The van der Waals surface area contributed by atoms with E-state index in [0.717, 1.165) is 6.54 Å². The zero-order valence-electron chi connectivity index (χ0n) is 10.0. The van der Waals surface area contributed by atoms with Gasteiger partial charge in [-0.1, -0.05) is 25.5 Å². The first-order valence-corrected chi connectivity index (χ1v) is 5.71. The van der Waals surface area contributed by atoms with Gasteiger partial charge in [0.2, 0.25) is 0 Å². The molecule has 0 aliphatic carbocycles. The number of benzene rings is 1. The minimum absolute atomic E-state index is 0.125. The molecule has 0 bridgehead atoms. The second-order valence-electron chi connectivity index (χ2n) is 4.16. The molecule has 2 N–H and O–H groups in total. The van der Waals surface area contributed by atoms with Crippen LogP contribution in [0.1, 0.15) is 38.3 Å². The summed E-state index contributed by atoms with van der Waals surface area (Å²) in [5, 5.41) is 0. The van der Waals surface area contributed by atoms with Crippen LogP contribution < -0.4 is 10.6 Å². The fraction of sp³-hybridized carbons (Fsp3) is 0.538. The first-order chi connectivity index (χ1) is 7.15. The van der Waals surface area contributed by atoms with Crippen molar-refractivity contribution in [1.82, 2.24) is 0 Å². The third-order valence-corrected chi connectivity index (χ3v) is 2.71. The van der Waals surface area contributed by atoms with E-state index in [-0.39, 0.29) is 6.04 Å². The molecule has 0 aromatic heterocycles. The number of unbranched alkanes of at least 4 members (excludes halogenated alkanes) is 1. The zero-order valence-corrected chi connectivity index (χ0v) is 10.0. The summed E-state index contributed by atoms with van der Waals surface area (Å²) < 4.78 is 0. The molecule has 0 amide bonds. The molecule has 2 nitrogen and oxygen atoms in total. The Morgan fingerprint density at radius 2 is 1.87 bits per heavy atom. The van der Waals surface area contributed by atoms with Crippen LogP contribution in [0.4, 0.5) is 5.69 Å². The lowest BCUT2D eigenvalue weighted by molar-refractivity contribution is 0.765. The maximum atomic E-state index is 5.81. The summed E-state index contributed by atoms with van der Waals surface area (Å²) in [6.07, 6.45) is 2.48. The Morgan fingerprint density at radius 3 is 2.33 bits per heavy atom. The van der Waals surface area contributed by atoms with Gasteiger partial charge in [-0.2, -0.15) is 0 Å². The highest BCUT2D eigenvalue weighted by Gasteiger charge is 2.02. The Balaban J connectivity index is 2.62. The van der Waals surface area contributed by atoms with Crippen LogP contribution in [0.25, 0.3) is 0 Å². The molecule has 15 heavy (non-hydrogen) atoms. The van der Waals surface area contributed by atoms with Crippen LogP contribution in [0, 0.1) is 0 Å². The lowest BCUT2D eigenvalue weighted by Crippen LogP contribution is -2.18. The first kappa shape index (κ1) is 12.1. The highest BCUT2D eigenvalue weighted by molar-refractivity contribution is 5.47. The van der Waals surface area contributed by atoms with E-state index in [1.54, 1.807) is 0 Å². The smallest absolute Gasteiger partial charge is 0.0363 e. The predicted molar refractivity (Wildman–Crippen MR) is 67.2 cm³/mol. The van der Waals surface area contributed by atoms with Crippen LogP contribution in [0.3, 0.4) is 0 Å². The van der Waals surface area contributed by atoms with Gasteiger partial charge in [0.1, 0.15) is 0 Å². The number of hydrogen-bond donors (Lipinski definition) is 1. The summed E-state index contributed by atoms with van der Waals surface area (Å²) in [4.78, 5) is 2.29. The van der Waals surface area contributed by atoms with E-state index in [0.29, 0.717) is 0 Å². The normalized spacial score (nSPS) is 12.5. The average Bonchev–Trinajstić information content (AvgIpc) is 2.26. The van der Waals surface area contributed by atoms with E-state index in [1.165, 1.54) is 24.1 Å². The highest BCUT2D eigenvalue weighted by atomic mass is 15.1. The Kier molecular flexibility index (Phi) is 4.63. The Morgan fingerprint density at radius 1 is 1.27 bits per heavy atom. The van der Waals surface area contributed by atoms with Crippen molar-refractivity contribution >= 4 is 5.69 Å². The highest BCUT2D eigenvalue weighted by Crippen LogP contribution is 2.17. The van der Waals surface area contributed by atoms with Gasteiger partial charge in [0.25, 0.3) is 0 Å². The quantitative estimate of drug-likeness (QED) is 0.802. The fourth-order valence-electron chi connectivity index (χ4n) is 1.56. The summed E-state index contributed by atoms with van der Waals surface area (Å²) in [6.45, 7) is 5.34. The van der Waals surface area contributed by atoms with Gasteiger partial charge in [0.05, 0.1) is 0 Å². The molecule has 0 aliphatic heterocycles. The summed E-state index contributed by atoms with van der Waals surface area (Å²) in [7, 11) is 2.14. The molecule has 1 atom stereocenters. The van der Waals surface area contributed by atoms with Gasteiger partial charge in [-0.25, -0.2) is 0 Å². The topological polar surface area (TPSA) is 29.3 Å². The Hall–Kier alpha value is -1.02. The van der Waals surface area contributed by atoms with Crippen LogP contribution >= 0.6 is 0 Å². The molecule has 0 heterocycles. The fourth-order valence-corrected chi connectivity index (χ4v) is 1.56. The van der Waals surface area contributed by atoms with Crippen molar-refractivity contribution in [2.45, 2.75) is 32.7 Å². The summed E-state index contributed by atoms with van der Waals surface area (Å²) >= 11 is 0. The monoisotopic (exact) mass is 206 g/mol. The first-order valence-electron chi connectivity index (χ1n) is 5.71. The molecule has 0 fully saturated rings. The standard InChI is InChI=1S/C13H22N2/c1-4-5-10-15(3)13-8-6-12(7-9-13)11(2)14/h6-9,11H,4-5,10,14H2,1-3H3/t11-/m1/s1. The van der Waals surface area contributed by atoms with Crippen LogP contribution in [-0.2, 0) is 0 Å². The predicted octanol–water partition coefficient (Wildman–Crippen LogP) is 2.94. The van der Waals surface area contributed by atoms with Crippen molar-refractivity contribution in [3.63, 3.8) is 0 Å². The number of nitrogens with two attached hydrogens (primary N) is 1. The van der Waals surface area contributed by atoms with E-state index in [9.17, 15) is 0 Å². The van der Waals surface area contributed by atoms with Crippen LogP contribution in [0.15, 0.2) is 24.3 Å². The molecule has 1 aromatic rings. The molecule has 0 saturated heterocycles. The third kappa shape index (κ3) is 3.56. The van der Waals surface area contributed by atoms with E-state index >= 15 is 0 Å². The van der Waals surface area contributed by atoms with Crippen LogP contribution in [-0.4, -0.2) is 13.6 Å². The molecule has 0 saturated carbocycles. The molecule has 1 rings (SSSR count). The summed E-state index contributed by atoms with van der Waals surface area (Å²) in [5.41, 5.74) is 8.27. The average molecular weight is 206 g/mol. The molecule has 0 radical (unpaired) electrons. The number of rotatable bonds is 5. The largest absolute Gasteiger partial charge is 0.375 e. The van der Waals surface area contributed by atoms with Gasteiger partial charge in [-0.15, -0.1) is 0 Å². The van der Waals surface area contributed by atoms with E-state index in [4.69, 9.17) is 5.73 Å². The van der Waals surface area contributed by atoms with Gasteiger partial charge in [0.15, 0.2) is 0 Å². The number of nitrogens with zero attached hydrogens (tertiary/aromatic N) is 1. The van der Waals surface area contributed by atoms with Gasteiger partial charge in [0, 0.05) is 25.3 Å². The van der Waals surface area contributed by atoms with Crippen molar-refractivity contribution < 1.29 is 0 Å². The third-order valence-electron chi connectivity index (χ3n) is 2.71. The van der Waals surface area contributed by atoms with Gasteiger partial charge < -0.3 is 10.6 Å². The minimum atomic E-state index is 0.125. The van der Waals surface area contributed by atoms with Gasteiger partial charge in [-0.05, 0) is 31.0 Å². The van der Waals surface area contributed by atoms with Crippen molar-refractivity contribution in [3.05, 3.63) is 29.8 Å². The lowest BCUT2D eigenvalue weighted by Gasteiger charge is -2.19. The molecular formula is C13H22N2.